The van der Waals surface area contributed by atoms with E-state index in [2.05, 4.69) is 20.6 Å². The lowest BCUT2D eigenvalue weighted by molar-refractivity contribution is -0.154. The van der Waals surface area contributed by atoms with E-state index < -0.39 is 12.8 Å². The average Bonchev–Trinajstić information content (AvgIpc) is 2.60. The maximum Gasteiger partial charge on any atom is 0.422 e. The Labute approximate surface area is 177 Å². The molecular weight excluding hydrogens is 496 g/mol. The maximum absolute atomic E-state index is 12.3. The van der Waals surface area contributed by atoms with Gasteiger partial charge in [-0.2, -0.15) is 13.2 Å². The molecule has 2 N–H and O–H groups in total. The summed E-state index contributed by atoms with van der Waals surface area (Å²) < 4.78 is 41.7. The van der Waals surface area contributed by atoms with Crippen LogP contribution in [0.4, 0.5) is 13.2 Å². The van der Waals surface area contributed by atoms with Gasteiger partial charge in [0.2, 0.25) is 5.88 Å². The minimum absolute atomic E-state index is 0. The minimum Gasteiger partial charge on any atom is -0.468 e. The molecule has 2 aromatic rings. The molecule has 0 spiro atoms. The molecule has 0 aliphatic rings. The number of benzene rings is 1. The van der Waals surface area contributed by atoms with Gasteiger partial charge in [-0.15, -0.1) is 24.0 Å². The van der Waals surface area contributed by atoms with E-state index in [1.54, 1.807) is 25.2 Å². The van der Waals surface area contributed by atoms with Crippen LogP contribution in [0, 0.1) is 0 Å². The molecule has 1 heterocycles. The molecule has 0 saturated heterocycles. The zero-order valence-corrected chi connectivity index (χ0v) is 17.5. The quantitative estimate of drug-likeness (QED) is 0.345. The second-order valence-corrected chi connectivity index (χ2v) is 5.72. The maximum atomic E-state index is 12.3. The molecule has 0 bridgehead atoms. The fourth-order valence-corrected chi connectivity index (χ4v) is 2.28. The first kappa shape index (κ1) is 23.3. The van der Waals surface area contributed by atoms with Crippen LogP contribution in [0.2, 0.25) is 5.02 Å². The van der Waals surface area contributed by atoms with Gasteiger partial charge in [0.1, 0.15) is 0 Å². The predicted molar refractivity (Wildman–Crippen MR) is 110 cm³/mol. The highest BCUT2D eigenvalue weighted by Gasteiger charge is 2.29. The molecular formula is C17H19ClF3IN4O. The summed E-state index contributed by atoms with van der Waals surface area (Å²) in [5.74, 6) is 0.415. The molecule has 0 atom stereocenters. The van der Waals surface area contributed by atoms with Crippen molar-refractivity contribution in [1.29, 1.82) is 0 Å². The summed E-state index contributed by atoms with van der Waals surface area (Å²) in [7, 11) is 1.59. The molecule has 1 aromatic heterocycles. The number of ether oxygens (including phenoxy) is 1. The van der Waals surface area contributed by atoms with E-state index in [1.165, 1.54) is 6.20 Å². The monoisotopic (exact) mass is 514 g/mol. The predicted octanol–water partition coefficient (Wildman–Crippen LogP) is 4.16. The van der Waals surface area contributed by atoms with E-state index >= 15 is 0 Å². The molecule has 0 fully saturated rings. The van der Waals surface area contributed by atoms with Crippen LogP contribution in [0.3, 0.4) is 0 Å². The van der Waals surface area contributed by atoms with Crippen LogP contribution in [-0.4, -0.2) is 30.8 Å². The van der Waals surface area contributed by atoms with Gasteiger partial charge in [0.25, 0.3) is 0 Å². The third kappa shape index (κ3) is 8.65. The summed E-state index contributed by atoms with van der Waals surface area (Å²) in [5.41, 5.74) is 1.46. The molecule has 148 valence electrons. The Morgan fingerprint density at radius 1 is 1.19 bits per heavy atom. The van der Waals surface area contributed by atoms with Gasteiger partial charge >= 0.3 is 6.18 Å². The van der Waals surface area contributed by atoms with Gasteiger partial charge in [0, 0.05) is 36.9 Å². The first-order chi connectivity index (χ1) is 12.4. The SMILES string of the molecule is CN=C(NCc1cccc(Cl)c1)NCc1cccnc1OCC(F)(F)F.I. The summed E-state index contributed by atoms with van der Waals surface area (Å²) in [6, 6.07) is 10.6. The smallest absolute Gasteiger partial charge is 0.422 e. The van der Waals surface area contributed by atoms with Crippen molar-refractivity contribution >= 4 is 41.5 Å². The highest BCUT2D eigenvalue weighted by molar-refractivity contribution is 14.0. The number of aliphatic imine (C=N–C) groups is 1. The lowest BCUT2D eigenvalue weighted by atomic mass is 10.2. The van der Waals surface area contributed by atoms with Crippen molar-refractivity contribution in [2.45, 2.75) is 19.3 Å². The summed E-state index contributed by atoms with van der Waals surface area (Å²) in [5, 5.41) is 6.74. The Balaban J connectivity index is 0.00000364. The molecule has 0 aliphatic carbocycles. The Bertz CT molecular complexity index is 759. The van der Waals surface area contributed by atoms with E-state index in [9.17, 15) is 13.2 Å². The number of hydrogen-bond donors (Lipinski definition) is 2. The summed E-state index contributed by atoms with van der Waals surface area (Å²) in [4.78, 5) is 7.93. The van der Waals surface area contributed by atoms with Crippen LogP contribution in [-0.2, 0) is 13.1 Å². The summed E-state index contributed by atoms with van der Waals surface area (Å²) >= 11 is 5.94. The van der Waals surface area contributed by atoms with Crippen molar-refractivity contribution in [3.05, 3.63) is 58.7 Å². The number of halogens is 5. The standard InChI is InChI=1S/C17H18ClF3N4O.HI/c1-22-16(24-9-12-4-2-6-14(18)8-12)25-10-13-5-3-7-23-15(13)26-11-17(19,20)21;/h2-8H,9-11H2,1H3,(H2,22,24,25);1H. The van der Waals surface area contributed by atoms with Gasteiger partial charge in [-0.05, 0) is 23.8 Å². The van der Waals surface area contributed by atoms with Crippen LogP contribution in [0.15, 0.2) is 47.6 Å². The van der Waals surface area contributed by atoms with Crippen molar-refractivity contribution in [3.8, 4) is 5.88 Å². The van der Waals surface area contributed by atoms with Crippen LogP contribution in [0.1, 0.15) is 11.1 Å². The molecule has 0 amide bonds. The van der Waals surface area contributed by atoms with Gasteiger partial charge in [0.15, 0.2) is 12.6 Å². The van der Waals surface area contributed by atoms with E-state index in [-0.39, 0.29) is 36.4 Å². The van der Waals surface area contributed by atoms with Crippen LogP contribution in [0.25, 0.3) is 0 Å². The van der Waals surface area contributed by atoms with Gasteiger partial charge in [-0.25, -0.2) is 4.98 Å². The van der Waals surface area contributed by atoms with E-state index in [0.29, 0.717) is 23.1 Å². The third-order valence-electron chi connectivity index (χ3n) is 3.24. The normalized spacial score (nSPS) is 11.5. The number of pyridine rings is 1. The topological polar surface area (TPSA) is 58.5 Å². The van der Waals surface area contributed by atoms with Crippen molar-refractivity contribution in [2.75, 3.05) is 13.7 Å². The molecule has 27 heavy (non-hydrogen) atoms. The van der Waals surface area contributed by atoms with Crippen molar-refractivity contribution < 1.29 is 17.9 Å². The molecule has 5 nitrogen and oxygen atoms in total. The first-order valence-corrected chi connectivity index (χ1v) is 8.07. The Hall–Kier alpha value is -1.75. The number of hydrogen-bond acceptors (Lipinski definition) is 3. The van der Waals surface area contributed by atoms with Crippen LogP contribution < -0.4 is 15.4 Å². The number of nitrogens with zero attached hydrogens (tertiary/aromatic N) is 2. The van der Waals surface area contributed by atoms with E-state index in [4.69, 9.17) is 16.3 Å². The largest absolute Gasteiger partial charge is 0.468 e. The average molecular weight is 515 g/mol. The number of guanidine groups is 1. The van der Waals surface area contributed by atoms with Crippen LogP contribution in [0.5, 0.6) is 5.88 Å². The second-order valence-electron chi connectivity index (χ2n) is 5.28. The number of alkyl halides is 3. The molecule has 2 rings (SSSR count). The molecule has 0 unspecified atom stereocenters. The molecule has 10 heteroatoms. The van der Waals surface area contributed by atoms with Gasteiger partial charge < -0.3 is 15.4 Å². The fraction of sp³-hybridized carbons (Fsp3) is 0.294. The zero-order valence-electron chi connectivity index (χ0n) is 14.4. The summed E-state index contributed by atoms with van der Waals surface area (Å²) in [6.45, 7) is -0.695. The van der Waals surface area contributed by atoms with E-state index in [1.807, 2.05) is 18.2 Å². The minimum atomic E-state index is -4.42. The molecule has 0 saturated carbocycles. The highest BCUT2D eigenvalue weighted by Crippen LogP contribution is 2.19. The lowest BCUT2D eigenvalue weighted by Gasteiger charge is -2.15. The van der Waals surface area contributed by atoms with Crippen LogP contribution >= 0.6 is 35.6 Å². The van der Waals surface area contributed by atoms with Crippen molar-refractivity contribution in [3.63, 3.8) is 0 Å². The van der Waals surface area contributed by atoms with Gasteiger partial charge in [-0.3, -0.25) is 4.99 Å². The van der Waals surface area contributed by atoms with Crippen molar-refractivity contribution in [1.82, 2.24) is 15.6 Å². The molecule has 0 radical (unpaired) electrons. The van der Waals surface area contributed by atoms with Crippen molar-refractivity contribution in [2.24, 2.45) is 4.99 Å². The number of nitrogens with one attached hydrogen (secondary N) is 2. The zero-order chi connectivity index (χ0) is 19.0. The van der Waals surface area contributed by atoms with E-state index in [0.717, 1.165) is 5.56 Å². The Morgan fingerprint density at radius 2 is 1.93 bits per heavy atom. The highest BCUT2D eigenvalue weighted by atomic mass is 127. The number of aromatic nitrogens is 1. The van der Waals surface area contributed by atoms with Gasteiger partial charge in [-0.1, -0.05) is 29.8 Å². The number of rotatable bonds is 6. The second kappa shape index (κ2) is 11.2. The third-order valence-corrected chi connectivity index (χ3v) is 3.48. The fourth-order valence-electron chi connectivity index (χ4n) is 2.07. The first-order valence-electron chi connectivity index (χ1n) is 7.70. The molecule has 0 aliphatic heterocycles. The molecule has 1 aromatic carbocycles. The Kier molecular flexibility index (Phi) is 9.64. The summed E-state index contributed by atoms with van der Waals surface area (Å²) in [6.07, 6.45) is -3.04. The van der Waals surface area contributed by atoms with Gasteiger partial charge in [0.05, 0.1) is 0 Å². The lowest BCUT2D eigenvalue weighted by Crippen LogP contribution is -2.36. The Morgan fingerprint density at radius 3 is 2.59 bits per heavy atom.